The summed E-state index contributed by atoms with van der Waals surface area (Å²) in [5.41, 5.74) is 0.904. The molecular weight excluding hydrogens is 208 g/mol. The SMILES string of the molecule is CC(C)(C)C1CN(C2CCCC2(C)C)CCN1. The maximum atomic E-state index is 3.70. The van der Waals surface area contributed by atoms with E-state index in [9.17, 15) is 0 Å². The monoisotopic (exact) mass is 238 g/mol. The summed E-state index contributed by atoms with van der Waals surface area (Å²) in [6.07, 6.45) is 4.23. The van der Waals surface area contributed by atoms with Crippen LogP contribution >= 0.6 is 0 Å². The summed E-state index contributed by atoms with van der Waals surface area (Å²) < 4.78 is 0. The van der Waals surface area contributed by atoms with Gasteiger partial charge in [-0.25, -0.2) is 0 Å². The van der Waals surface area contributed by atoms with E-state index in [1.54, 1.807) is 0 Å². The van der Waals surface area contributed by atoms with Crippen LogP contribution in [0.4, 0.5) is 0 Å². The highest BCUT2D eigenvalue weighted by atomic mass is 15.2. The molecule has 2 atom stereocenters. The minimum atomic E-state index is 0.376. The van der Waals surface area contributed by atoms with E-state index < -0.39 is 0 Å². The van der Waals surface area contributed by atoms with Gasteiger partial charge in [0, 0.05) is 31.7 Å². The third-order valence-corrected chi connectivity index (χ3v) is 4.89. The second-order valence-electron chi connectivity index (χ2n) is 7.76. The number of piperazine rings is 1. The van der Waals surface area contributed by atoms with Crippen LogP contribution in [-0.2, 0) is 0 Å². The van der Waals surface area contributed by atoms with E-state index in [1.165, 1.54) is 32.4 Å². The molecule has 1 aliphatic carbocycles. The molecule has 2 unspecified atom stereocenters. The standard InChI is InChI=1S/C15H30N2/c1-14(2,3)12-11-17(10-9-16-12)13-7-6-8-15(13,4)5/h12-13,16H,6-11H2,1-5H3. The molecule has 2 rings (SSSR count). The first-order valence-electron chi connectivity index (χ1n) is 7.28. The fourth-order valence-corrected chi connectivity index (χ4v) is 3.62. The highest BCUT2D eigenvalue weighted by Gasteiger charge is 2.41. The highest BCUT2D eigenvalue weighted by Crippen LogP contribution is 2.41. The van der Waals surface area contributed by atoms with Crippen molar-refractivity contribution in [1.29, 1.82) is 0 Å². The zero-order chi connectivity index (χ0) is 12.7. The van der Waals surface area contributed by atoms with Crippen LogP contribution in [0.25, 0.3) is 0 Å². The summed E-state index contributed by atoms with van der Waals surface area (Å²) in [6.45, 7) is 15.6. The maximum Gasteiger partial charge on any atom is 0.0244 e. The van der Waals surface area contributed by atoms with Gasteiger partial charge in [-0.05, 0) is 23.7 Å². The molecule has 0 radical (unpaired) electrons. The smallest absolute Gasteiger partial charge is 0.0244 e. The van der Waals surface area contributed by atoms with E-state index in [2.05, 4.69) is 44.8 Å². The van der Waals surface area contributed by atoms with Gasteiger partial charge in [0.15, 0.2) is 0 Å². The Kier molecular flexibility index (Phi) is 3.57. The molecule has 1 saturated heterocycles. The van der Waals surface area contributed by atoms with Gasteiger partial charge in [-0.1, -0.05) is 41.0 Å². The molecule has 0 amide bonds. The third-order valence-electron chi connectivity index (χ3n) is 4.89. The molecule has 100 valence electrons. The van der Waals surface area contributed by atoms with Gasteiger partial charge < -0.3 is 5.32 Å². The van der Waals surface area contributed by atoms with E-state index >= 15 is 0 Å². The highest BCUT2D eigenvalue weighted by molar-refractivity contribution is 4.96. The summed E-state index contributed by atoms with van der Waals surface area (Å²) in [6, 6.07) is 1.46. The number of hydrogen-bond acceptors (Lipinski definition) is 2. The molecule has 0 spiro atoms. The van der Waals surface area contributed by atoms with Crippen molar-refractivity contribution < 1.29 is 0 Å². The van der Waals surface area contributed by atoms with Gasteiger partial charge in [0.2, 0.25) is 0 Å². The van der Waals surface area contributed by atoms with Gasteiger partial charge in [0.25, 0.3) is 0 Å². The third kappa shape index (κ3) is 2.85. The Morgan fingerprint density at radius 2 is 1.94 bits per heavy atom. The number of rotatable bonds is 1. The van der Waals surface area contributed by atoms with Crippen LogP contribution in [-0.4, -0.2) is 36.6 Å². The van der Waals surface area contributed by atoms with E-state index in [4.69, 9.17) is 0 Å². The van der Waals surface area contributed by atoms with Crippen molar-refractivity contribution in [1.82, 2.24) is 10.2 Å². The van der Waals surface area contributed by atoms with Crippen molar-refractivity contribution in [3.05, 3.63) is 0 Å². The Hall–Kier alpha value is -0.0800. The second kappa shape index (κ2) is 4.55. The molecule has 2 heteroatoms. The van der Waals surface area contributed by atoms with Gasteiger partial charge in [0.1, 0.15) is 0 Å². The predicted molar refractivity (Wildman–Crippen MR) is 74.2 cm³/mol. The summed E-state index contributed by atoms with van der Waals surface area (Å²) in [5, 5.41) is 3.70. The van der Waals surface area contributed by atoms with Crippen LogP contribution in [0.5, 0.6) is 0 Å². The molecule has 0 aromatic rings. The molecule has 1 N–H and O–H groups in total. The van der Waals surface area contributed by atoms with Crippen LogP contribution < -0.4 is 5.32 Å². The molecule has 2 fully saturated rings. The average Bonchev–Trinajstić information content (AvgIpc) is 2.57. The lowest BCUT2D eigenvalue weighted by Gasteiger charge is -2.46. The van der Waals surface area contributed by atoms with Crippen LogP contribution in [0.2, 0.25) is 0 Å². The zero-order valence-electron chi connectivity index (χ0n) is 12.3. The maximum absolute atomic E-state index is 3.70. The lowest BCUT2D eigenvalue weighted by Crippen LogP contribution is -2.59. The Morgan fingerprint density at radius 3 is 2.47 bits per heavy atom. The summed E-state index contributed by atoms with van der Waals surface area (Å²) in [4.78, 5) is 2.76. The van der Waals surface area contributed by atoms with E-state index in [0.29, 0.717) is 16.9 Å². The van der Waals surface area contributed by atoms with Crippen LogP contribution in [0.3, 0.4) is 0 Å². The van der Waals surface area contributed by atoms with Crippen molar-refractivity contribution in [3.63, 3.8) is 0 Å². The number of nitrogens with one attached hydrogen (secondary N) is 1. The van der Waals surface area contributed by atoms with Crippen molar-refractivity contribution in [2.75, 3.05) is 19.6 Å². The van der Waals surface area contributed by atoms with Gasteiger partial charge in [-0.15, -0.1) is 0 Å². The Labute approximate surface area is 107 Å². The quantitative estimate of drug-likeness (QED) is 0.755. The molecule has 0 aromatic carbocycles. The van der Waals surface area contributed by atoms with Crippen LogP contribution in [0.15, 0.2) is 0 Å². The van der Waals surface area contributed by atoms with Gasteiger partial charge in [-0.2, -0.15) is 0 Å². The Morgan fingerprint density at radius 1 is 1.24 bits per heavy atom. The molecule has 0 bridgehead atoms. The number of hydrogen-bond donors (Lipinski definition) is 1. The Bertz CT molecular complexity index is 265. The molecule has 2 nitrogen and oxygen atoms in total. The molecule has 2 aliphatic rings. The zero-order valence-corrected chi connectivity index (χ0v) is 12.3. The fraction of sp³-hybridized carbons (Fsp3) is 1.00. The van der Waals surface area contributed by atoms with Crippen molar-refractivity contribution >= 4 is 0 Å². The van der Waals surface area contributed by atoms with E-state index in [1.807, 2.05) is 0 Å². The first-order chi connectivity index (χ1) is 7.81. The lowest BCUT2D eigenvalue weighted by atomic mass is 9.82. The summed E-state index contributed by atoms with van der Waals surface area (Å²) >= 11 is 0. The second-order valence-corrected chi connectivity index (χ2v) is 7.76. The topological polar surface area (TPSA) is 15.3 Å². The molecular formula is C15H30N2. The van der Waals surface area contributed by atoms with E-state index in [-0.39, 0.29) is 0 Å². The van der Waals surface area contributed by atoms with Gasteiger partial charge >= 0.3 is 0 Å². The molecule has 1 heterocycles. The molecule has 17 heavy (non-hydrogen) atoms. The van der Waals surface area contributed by atoms with Gasteiger partial charge in [0.05, 0.1) is 0 Å². The van der Waals surface area contributed by atoms with Crippen LogP contribution in [0, 0.1) is 10.8 Å². The van der Waals surface area contributed by atoms with E-state index in [0.717, 1.165) is 12.6 Å². The van der Waals surface area contributed by atoms with Crippen molar-refractivity contribution in [2.45, 2.75) is 66.0 Å². The summed E-state index contributed by atoms with van der Waals surface area (Å²) in [7, 11) is 0. The first-order valence-corrected chi connectivity index (χ1v) is 7.28. The average molecular weight is 238 g/mol. The van der Waals surface area contributed by atoms with Crippen LogP contribution in [0.1, 0.15) is 53.9 Å². The van der Waals surface area contributed by atoms with Crippen molar-refractivity contribution in [3.8, 4) is 0 Å². The number of nitrogens with zero attached hydrogens (tertiary/aromatic N) is 1. The lowest BCUT2D eigenvalue weighted by molar-refractivity contribution is 0.0557. The first kappa shape index (κ1) is 13.4. The largest absolute Gasteiger partial charge is 0.311 e. The summed E-state index contributed by atoms with van der Waals surface area (Å²) in [5.74, 6) is 0. The molecule has 1 saturated carbocycles. The fourth-order valence-electron chi connectivity index (χ4n) is 3.62. The van der Waals surface area contributed by atoms with Gasteiger partial charge in [-0.3, -0.25) is 4.90 Å². The molecule has 1 aliphatic heterocycles. The normalized spacial score (nSPS) is 35.1. The van der Waals surface area contributed by atoms with Crippen molar-refractivity contribution in [2.24, 2.45) is 10.8 Å². The minimum Gasteiger partial charge on any atom is -0.311 e. The Balaban J connectivity index is 2.02. The minimum absolute atomic E-state index is 0.376. The molecule has 0 aromatic heterocycles. The predicted octanol–water partition coefficient (Wildman–Crippen LogP) is 2.89.